The fraction of sp³-hybridized carbons (Fsp3) is 0.226. The average molecular weight is 591 g/mol. The number of ether oxygens (including phenoxy) is 1. The number of nitrogens with one attached hydrogen (secondary N) is 1. The Balaban J connectivity index is 1.42. The molecule has 2 N–H and O–H groups in total. The number of fused-ring (bicyclic) bond motifs is 1. The molecule has 0 aliphatic carbocycles. The molecule has 0 saturated carbocycles. The second-order valence-electron chi connectivity index (χ2n) is 9.96. The van der Waals surface area contributed by atoms with E-state index in [9.17, 15) is 14.7 Å². The SMILES string of the molecule is C[C@H]1CN(c2cc(F)c(C(=O)N[C@@H](Cc3ccc(-c4ccc(C#N)cc4Cl)c4ncccc34)C(=O)O)c(F)c2)CCO1. The number of hydrogen-bond acceptors (Lipinski definition) is 6. The molecule has 2 atom stereocenters. The summed E-state index contributed by atoms with van der Waals surface area (Å²) in [6, 6.07) is 14.4. The number of amides is 1. The Bertz CT molecular complexity index is 1720. The number of morpholine rings is 1. The van der Waals surface area contributed by atoms with E-state index in [4.69, 9.17) is 21.6 Å². The van der Waals surface area contributed by atoms with Crippen LogP contribution in [0.4, 0.5) is 14.5 Å². The lowest BCUT2D eigenvalue weighted by molar-refractivity contribution is -0.139. The smallest absolute Gasteiger partial charge is 0.326 e. The van der Waals surface area contributed by atoms with Gasteiger partial charge in [0.05, 0.1) is 29.9 Å². The van der Waals surface area contributed by atoms with Crippen molar-refractivity contribution in [2.75, 3.05) is 24.6 Å². The van der Waals surface area contributed by atoms with Crippen molar-refractivity contribution < 1.29 is 28.2 Å². The quantitative estimate of drug-likeness (QED) is 0.298. The average Bonchev–Trinajstić information content (AvgIpc) is 2.96. The van der Waals surface area contributed by atoms with Crippen LogP contribution in [0.15, 0.2) is 60.8 Å². The Morgan fingerprint density at radius 2 is 1.93 bits per heavy atom. The zero-order valence-electron chi connectivity index (χ0n) is 22.4. The van der Waals surface area contributed by atoms with E-state index in [0.29, 0.717) is 57.9 Å². The molecule has 1 fully saturated rings. The Kier molecular flexibility index (Phi) is 8.34. The molecular weight excluding hydrogens is 566 g/mol. The second kappa shape index (κ2) is 12.1. The van der Waals surface area contributed by atoms with Crippen LogP contribution in [0.25, 0.3) is 22.0 Å². The normalized spacial score (nSPS) is 15.7. The highest BCUT2D eigenvalue weighted by atomic mass is 35.5. The molecule has 1 aliphatic heterocycles. The lowest BCUT2D eigenvalue weighted by Gasteiger charge is -2.33. The van der Waals surface area contributed by atoms with Crippen LogP contribution in [0, 0.1) is 23.0 Å². The van der Waals surface area contributed by atoms with E-state index in [1.54, 1.807) is 53.6 Å². The van der Waals surface area contributed by atoms with Crippen LogP contribution in [0.2, 0.25) is 5.02 Å². The van der Waals surface area contributed by atoms with Gasteiger partial charge >= 0.3 is 5.97 Å². The van der Waals surface area contributed by atoms with Gasteiger partial charge in [0.2, 0.25) is 0 Å². The molecular formula is C31H25ClF2N4O4. The first-order valence-corrected chi connectivity index (χ1v) is 13.5. The summed E-state index contributed by atoms with van der Waals surface area (Å²) in [5, 5.41) is 22.3. The van der Waals surface area contributed by atoms with Gasteiger partial charge in [-0.3, -0.25) is 9.78 Å². The number of carbonyl (C=O) groups is 2. The van der Waals surface area contributed by atoms with Gasteiger partial charge in [-0.15, -0.1) is 0 Å². The number of carboxylic acids is 1. The molecule has 8 nitrogen and oxygen atoms in total. The zero-order valence-corrected chi connectivity index (χ0v) is 23.2. The fourth-order valence-electron chi connectivity index (χ4n) is 5.09. The standard InChI is InChI=1S/C31H25ClF2N4O4/c1-17-16-38(9-10-42-17)20-13-25(33)28(26(34)14-20)30(39)37-27(31(40)41)12-19-5-7-23(29-21(19)3-2-8-36-29)22-6-4-18(15-35)11-24(22)32/h2-8,11,13-14,17,27H,9-10,12,16H2,1H3,(H,37,39)(H,40,41)/t17-,27-/m0/s1. The third kappa shape index (κ3) is 5.88. The van der Waals surface area contributed by atoms with Crippen molar-refractivity contribution in [2.24, 2.45) is 0 Å². The molecule has 5 rings (SSSR count). The van der Waals surface area contributed by atoms with Crippen LogP contribution < -0.4 is 10.2 Å². The maximum atomic E-state index is 15.0. The fourth-order valence-corrected chi connectivity index (χ4v) is 5.38. The van der Waals surface area contributed by atoms with E-state index in [1.807, 2.05) is 13.0 Å². The highest BCUT2D eigenvalue weighted by Gasteiger charge is 2.28. The van der Waals surface area contributed by atoms with E-state index < -0.39 is 35.1 Å². The van der Waals surface area contributed by atoms with E-state index in [0.717, 1.165) is 12.1 Å². The van der Waals surface area contributed by atoms with E-state index in [-0.39, 0.29) is 18.2 Å². The summed E-state index contributed by atoms with van der Waals surface area (Å²) in [5.41, 5.74) is 2.18. The first kappa shape index (κ1) is 28.9. The number of pyridine rings is 1. The predicted octanol–water partition coefficient (Wildman–Crippen LogP) is 5.36. The molecule has 1 amide bonds. The summed E-state index contributed by atoms with van der Waals surface area (Å²) < 4.78 is 35.6. The number of aliphatic carboxylic acids is 1. The van der Waals surface area contributed by atoms with Crippen LogP contribution in [-0.4, -0.2) is 53.8 Å². The molecule has 42 heavy (non-hydrogen) atoms. The number of carbonyl (C=O) groups excluding carboxylic acids is 1. The van der Waals surface area contributed by atoms with Crippen molar-refractivity contribution in [3.05, 3.63) is 94.1 Å². The highest BCUT2D eigenvalue weighted by molar-refractivity contribution is 6.33. The number of carboxylic acid groups (broad SMARTS) is 1. The van der Waals surface area contributed by atoms with Gasteiger partial charge in [-0.05, 0) is 42.8 Å². The minimum Gasteiger partial charge on any atom is -0.480 e. The van der Waals surface area contributed by atoms with Crippen LogP contribution >= 0.6 is 11.6 Å². The molecule has 2 heterocycles. The van der Waals surface area contributed by atoms with Gasteiger partial charge in [-0.25, -0.2) is 13.6 Å². The lowest BCUT2D eigenvalue weighted by Crippen LogP contribution is -2.43. The van der Waals surface area contributed by atoms with E-state index in [1.165, 1.54) is 0 Å². The number of rotatable bonds is 7. The Morgan fingerprint density at radius 1 is 1.19 bits per heavy atom. The highest BCUT2D eigenvalue weighted by Crippen LogP contribution is 2.35. The van der Waals surface area contributed by atoms with E-state index >= 15 is 8.78 Å². The minimum absolute atomic E-state index is 0.120. The van der Waals surface area contributed by atoms with Gasteiger partial charge in [0.15, 0.2) is 0 Å². The maximum absolute atomic E-state index is 15.0. The molecule has 0 spiro atoms. The van der Waals surface area contributed by atoms with Gasteiger partial charge < -0.3 is 20.1 Å². The van der Waals surface area contributed by atoms with Gasteiger partial charge in [-0.1, -0.05) is 35.9 Å². The Morgan fingerprint density at radius 3 is 2.60 bits per heavy atom. The first-order chi connectivity index (χ1) is 20.2. The number of benzene rings is 3. The van der Waals surface area contributed by atoms with Crippen molar-refractivity contribution in [2.45, 2.75) is 25.5 Å². The molecule has 214 valence electrons. The Labute approximate surface area is 245 Å². The summed E-state index contributed by atoms with van der Waals surface area (Å²) in [4.78, 5) is 31.4. The molecule has 11 heteroatoms. The number of halogens is 3. The summed E-state index contributed by atoms with van der Waals surface area (Å²) in [5.74, 6) is -4.74. The number of anilines is 1. The number of aromatic nitrogens is 1. The first-order valence-electron chi connectivity index (χ1n) is 13.1. The summed E-state index contributed by atoms with van der Waals surface area (Å²) >= 11 is 6.44. The number of hydrogen-bond donors (Lipinski definition) is 2. The third-order valence-corrected chi connectivity index (χ3v) is 7.45. The van der Waals surface area contributed by atoms with Gasteiger partial charge in [0.25, 0.3) is 5.91 Å². The molecule has 0 unspecified atom stereocenters. The largest absolute Gasteiger partial charge is 0.480 e. The summed E-state index contributed by atoms with van der Waals surface area (Å²) in [6.45, 7) is 3.12. The monoisotopic (exact) mass is 590 g/mol. The van der Waals surface area contributed by atoms with Gasteiger partial charge in [0, 0.05) is 52.9 Å². The molecule has 3 aromatic carbocycles. The Hall–Kier alpha value is -4.59. The molecule has 1 aliphatic rings. The molecule has 1 aromatic heterocycles. The van der Waals surface area contributed by atoms with Crippen molar-refractivity contribution >= 4 is 40.1 Å². The summed E-state index contributed by atoms with van der Waals surface area (Å²) in [7, 11) is 0. The predicted molar refractivity (Wildman–Crippen MR) is 153 cm³/mol. The lowest BCUT2D eigenvalue weighted by atomic mass is 9.94. The third-order valence-electron chi connectivity index (χ3n) is 7.14. The van der Waals surface area contributed by atoms with Crippen molar-refractivity contribution in [3.8, 4) is 17.2 Å². The topological polar surface area (TPSA) is 116 Å². The maximum Gasteiger partial charge on any atom is 0.326 e. The summed E-state index contributed by atoms with van der Waals surface area (Å²) in [6.07, 6.45) is 1.28. The van der Waals surface area contributed by atoms with Gasteiger partial charge in [0.1, 0.15) is 23.2 Å². The van der Waals surface area contributed by atoms with Crippen molar-refractivity contribution in [1.29, 1.82) is 5.26 Å². The number of nitrogens with zero attached hydrogens (tertiary/aromatic N) is 3. The molecule has 1 saturated heterocycles. The van der Waals surface area contributed by atoms with Crippen molar-refractivity contribution in [1.82, 2.24) is 10.3 Å². The van der Waals surface area contributed by atoms with Gasteiger partial charge in [-0.2, -0.15) is 5.26 Å². The van der Waals surface area contributed by atoms with Crippen LogP contribution in [0.5, 0.6) is 0 Å². The number of nitriles is 1. The molecule has 0 radical (unpaired) electrons. The van der Waals surface area contributed by atoms with Crippen LogP contribution in [0.3, 0.4) is 0 Å². The molecule has 0 bridgehead atoms. The molecule has 4 aromatic rings. The minimum atomic E-state index is -1.50. The van der Waals surface area contributed by atoms with Crippen LogP contribution in [-0.2, 0) is 16.0 Å². The van der Waals surface area contributed by atoms with Crippen LogP contribution in [0.1, 0.15) is 28.4 Å². The zero-order chi connectivity index (χ0) is 30.0. The van der Waals surface area contributed by atoms with E-state index in [2.05, 4.69) is 10.3 Å². The second-order valence-corrected chi connectivity index (χ2v) is 10.4. The van der Waals surface area contributed by atoms with Crippen molar-refractivity contribution in [3.63, 3.8) is 0 Å².